The van der Waals surface area contributed by atoms with Gasteiger partial charge in [0, 0.05) is 56.9 Å². The zero-order valence-electron chi connectivity index (χ0n) is 13.5. The predicted octanol–water partition coefficient (Wildman–Crippen LogP) is 1.91. The van der Waals surface area contributed by atoms with Gasteiger partial charge in [0.2, 0.25) is 5.91 Å². The van der Waals surface area contributed by atoms with Gasteiger partial charge in [-0.2, -0.15) is 0 Å². The number of carbonyl (C=O) groups excluding carboxylic acids is 1. The number of thioether (sulfide) groups is 1. The Morgan fingerprint density at radius 2 is 2.35 bits per heavy atom. The summed E-state index contributed by atoms with van der Waals surface area (Å²) in [5.41, 5.74) is 1.97. The van der Waals surface area contributed by atoms with Crippen LogP contribution in [-0.4, -0.2) is 57.0 Å². The molecule has 0 aliphatic carbocycles. The number of amidine groups is 1. The second kappa shape index (κ2) is 7.12. The van der Waals surface area contributed by atoms with Crippen molar-refractivity contribution in [3.63, 3.8) is 0 Å². The lowest BCUT2D eigenvalue weighted by Gasteiger charge is -2.28. The first kappa shape index (κ1) is 16.0. The van der Waals surface area contributed by atoms with Gasteiger partial charge in [0.15, 0.2) is 5.17 Å². The van der Waals surface area contributed by atoms with Crippen LogP contribution in [0.4, 0.5) is 0 Å². The molecule has 0 unspecified atom stereocenters. The fraction of sp³-hybridized carbons (Fsp3) is 0.500. The molecule has 0 saturated heterocycles. The molecule has 2 aliphatic heterocycles. The van der Waals surface area contributed by atoms with Crippen molar-refractivity contribution in [2.24, 2.45) is 4.99 Å². The van der Waals surface area contributed by atoms with Crippen LogP contribution >= 0.6 is 11.8 Å². The molecule has 0 aromatic carbocycles. The largest absolute Gasteiger partial charge is 0.342 e. The van der Waals surface area contributed by atoms with E-state index < -0.39 is 0 Å². The average molecular weight is 331 g/mol. The molecule has 1 aromatic heterocycles. The standard InChI is InChI=1S/C16H21N5OS/c1-12(8-13-10-17-5-6-18-13)20(2)15(22)9-14-11-23-16-19-4-3-7-21(14)16/h5-6,10-12H,3-4,7-9H2,1-2H3/t12-/m1/s1. The summed E-state index contributed by atoms with van der Waals surface area (Å²) < 4.78 is 0. The molecule has 0 spiro atoms. The molecule has 23 heavy (non-hydrogen) atoms. The van der Waals surface area contributed by atoms with E-state index in [9.17, 15) is 4.79 Å². The molecule has 1 aromatic rings. The molecule has 2 aliphatic rings. The molecule has 1 atom stereocenters. The van der Waals surface area contributed by atoms with E-state index in [0.29, 0.717) is 12.8 Å². The summed E-state index contributed by atoms with van der Waals surface area (Å²) in [7, 11) is 1.86. The van der Waals surface area contributed by atoms with Crippen molar-refractivity contribution in [3.05, 3.63) is 35.4 Å². The van der Waals surface area contributed by atoms with Gasteiger partial charge >= 0.3 is 0 Å². The van der Waals surface area contributed by atoms with Crippen molar-refractivity contribution >= 4 is 22.8 Å². The monoisotopic (exact) mass is 331 g/mol. The van der Waals surface area contributed by atoms with Crippen LogP contribution < -0.4 is 0 Å². The molecule has 6 nitrogen and oxygen atoms in total. The minimum absolute atomic E-state index is 0.0864. The Labute approximate surface area is 140 Å². The molecule has 0 radical (unpaired) electrons. The highest BCUT2D eigenvalue weighted by Gasteiger charge is 2.27. The minimum atomic E-state index is 0.0864. The van der Waals surface area contributed by atoms with Crippen molar-refractivity contribution in [2.75, 3.05) is 20.1 Å². The van der Waals surface area contributed by atoms with Gasteiger partial charge in [0.1, 0.15) is 0 Å². The Kier molecular flexibility index (Phi) is 4.95. The maximum absolute atomic E-state index is 12.6. The predicted molar refractivity (Wildman–Crippen MR) is 91.9 cm³/mol. The van der Waals surface area contributed by atoms with Crippen LogP contribution in [0.5, 0.6) is 0 Å². The highest BCUT2D eigenvalue weighted by Crippen LogP contribution is 2.30. The van der Waals surface area contributed by atoms with E-state index in [4.69, 9.17) is 0 Å². The number of aromatic nitrogens is 2. The fourth-order valence-corrected chi connectivity index (χ4v) is 3.63. The smallest absolute Gasteiger partial charge is 0.228 e. The third-order valence-electron chi connectivity index (χ3n) is 4.17. The number of nitrogens with zero attached hydrogens (tertiary/aromatic N) is 5. The number of carbonyl (C=O) groups is 1. The van der Waals surface area contributed by atoms with Crippen LogP contribution in [0, 0.1) is 0 Å². The number of likely N-dealkylation sites (N-methyl/N-ethyl adjacent to an activating group) is 1. The summed E-state index contributed by atoms with van der Waals surface area (Å²) in [5, 5.41) is 3.10. The number of hydrogen-bond donors (Lipinski definition) is 0. The van der Waals surface area contributed by atoms with Crippen molar-refractivity contribution in [2.45, 2.75) is 32.2 Å². The first-order chi connectivity index (χ1) is 11.1. The lowest BCUT2D eigenvalue weighted by molar-refractivity contribution is -0.131. The third-order valence-corrected chi connectivity index (χ3v) is 5.12. The Balaban J connectivity index is 1.57. The maximum atomic E-state index is 12.6. The first-order valence-electron chi connectivity index (χ1n) is 7.83. The lowest BCUT2D eigenvalue weighted by atomic mass is 10.1. The molecule has 0 saturated carbocycles. The van der Waals surface area contributed by atoms with Crippen LogP contribution in [0.15, 0.2) is 34.7 Å². The maximum Gasteiger partial charge on any atom is 0.228 e. The highest BCUT2D eigenvalue weighted by atomic mass is 32.2. The molecule has 122 valence electrons. The number of rotatable bonds is 5. The van der Waals surface area contributed by atoms with Gasteiger partial charge in [0.25, 0.3) is 0 Å². The second-order valence-electron chi connectivity index (χ2n) is 5.83. The van der Waals surface area contributed by atoms with Crippen LogP contribution in [-0.2, 0) is 11.2 Å². The molecular formula is C16H21N5OS. The number of hydrogen-bond acceptors (Lipinski definition) is 6. The van der Waals surface area contributed by atoms with Gasteiger partial charge in [0.05, 0.1) is 12.1 Å². The molecule has 0 fully saturated rings. The zero-order valence-corrected chi connectivity index (χ0v) is 14.3. The van der Waals surface area contributed by atoms with Crippen molar-refractivity contribution in [1.29, 1.82) is 0 Å². The SMILES string of the molecule is C[C@H](Cc1cnccn1)N(C)C(=O)CC1=CSC2=NCCCN12. The van der Waals surface area contributed by atoms with Crippen LogP contribution in [0.1, 0.15) is 25.5 Å². The first-order valence-corrected chi connectivity index (χ1v) is 8.71. The quantitative estimate of drug-likeness (QED) is 0.825. The van der Waals surface area contributed by atoms with Crippen LogP contribution in [0.2, 0.25) is 0 Å². The molecule has 3 heterocycles. The Morgan fingerprint density at radius 3 is 3.13 bits per heavy atom. The Hall–Kier alpha value is -1.89. The van der Waals surface area contributed by atoms with Gasteiger partial charge < -0.3 is 9.80 Å². The van der Waals surface area contributed by atoms with E-state index in [2.05, 4.69) is 25.3 Å². The van der Waals surface area contributed by atoms with Crippen molar-refractivity contribution < 1.29 is 4.79 Å². The van der Waals surface area contributed by atoms with Gasteiger partial charge in [-0.05, 0) is 18.8 Å². The Morgan fingerprint density at radius 1 is 1.48 bits per heavy atom. The highest BCUT2D eigenvalue weighted by molar-refractivity contribution is 8.16. The number of fused-ring (bicyclic) bond motifs is 1. The van der Waals surface area contributed by atoms with E-state index >= 15 is 0 Å². The molecule has 0 bridgehead atoms. The number of amides is 1. The van der Waals surface area contributed by atoms with Gasteiger partial charge in [-0.3, -0.25) is 19.8 Å². The summed E-state index contributed by atoms with van der Waals surface area (Å²) in [6.07, 6.45) is 7.27. The van der Waals surface area contributed by atoms with Crippen molar-refractivity contribution in [1.82, 2.24) is 19.8 Å². The Bertz CT molecular complexity index is 631. The summed E-state index contributed by atoms with van der Waals surface area (Å²) in [6, 6.07) is 0.0864. The summed E-state index contributed by atoms with van der Waals surface area (Å²) in [4.78, 5) is 29.4. The van der Waals surface area contributed by atoms with E-state index in [1.165, 1.54) is 0 Å². The normalized spacial score (nSPS) is 18.1. The second-order valence-corrected chi connectivity index (χ2v) is 6.66. The summed E-state index contributed by atoms with van der Waals surface area (Å²) in [5.74, 6) is 0.125. The molecule has 7 heteroatoms. The molecule has 0 N–H and O–H groups in total. The van der Waals surface area contributed by atoms with E-state index in [0.717, 1.165) is 36.1 Å². The van der Waals surface area contributed by atoms with Crippen molar-refractivity contribution in [3.8, 4) is 0 Å². The van der Waals surface area contributed by atoms with E-state index in [1.54, 1.807) is 35.3 Å². The fourth-order valence-electron chi connectivity index (χ4n) is 2.67. The van der Waals surface area contributed by atoms with Gasteiger partial charge in [-0.1, -0.05) is 11.8 Å². The summed E-state index contributed by atoms with van der Waals surface area (Å²) in [6.45, 7) is 3.89. The van der Waals surface area contributed by atoms with E-state index in [1.807, 2.05) is 14.0 Å². The van der Waals surface area contributed by atoms with Gasteiger partial charge in [-0.15, -0.1) is 0 Å². The van der Waals surface area contributed by atoms with Crippen LogP contribution in [0.25, 0.3) is 0 Å². The minimum Gasteiger partial charge on any atom is -0.342 e. The number of aliphatic imine (C=N–C) groups is 1. The topological polar surface area (TPSA) is 61.7 Å². The molecular weight excluding hydrogens is 310 g/mol. The average Bonchev–Trinajstić information content (AvgIpc) is 2.98. The summed E-state index contributed by atoms with van der Waals surface area (Å²) >= 11 is 1.62. The molecule has 1 amide bonds. The zero-order chi connectivity index (χ0) is 16.2. The van der Waals surface area contributed by atoms with Gasteiger partial charge in [-0.25, -0.2) is 0 Å². The third kappa shape index (κ3) is 3.72. The van der Waals surface area contributed by atoms with Crippen LogP contribution in [0.3, 0.4) is 0 Å². The van der Waals surface area contributed by atoms with E-state index in [-0.39, 0.29) is 11.9 Å². The lowest BCUT2D eigenvalue weighted by Crippen LogP contribution is -2.38. The molecule has 3 rings (SSSR count).